The van der Waals surface area contributed by atoms with Crippen molar-refractivity contribution >= 4 is 23.4 Å². The van der Waals surface area contributed by atoms with Gasteiger partial charge in [0.05, 0.1) is 0 Å². The summed E-state index contributed by atoms with van der Waals surface area (Å²) in [4.78, 5) is 23.4. The molecule has 1 aromatic rings. The van der Waals surface area contributed by atoms with E-state index in [4.69, 9.17) is 11.6 Å². The van der Waals surface area contributed by atoms with E-state index in [-0.39, 0.29) is 30.3 Å². The minimum absolute atomic E-state index is 0.0939. The van der Waals surface area contributed by atoms with Crippen molar-refractivity contribution in [3.8, 4) is 0 Å². The summed E-state index contributed by atoms with van der Waals surface area (Å²) in [7, 11) is 0. The molecule has 0 spiro atoms. The molecule has 1 unspecified atom stereocenters. The zero-order valence-electron chi connectivity index (χ0n) is 12.1. The van der Waals surface area contributed by atoms with Crippen molar-refractivity contribution in [2.75, 3.05) is 6.54 Å². The highest BCUT2D eigenvalue weighted by atomic mass is 35.5. The van der Waals surface area contributed by atoms with E-state index in [0.717, 1.165) is 5.56 Å². The summed E-state index contributed by atoms with van der Waals surface area (Å²) < 4.78 is 0. The second-order valence-corrected chi connectivity index (χ2v) is 6.05. The van der Waals surface area contributed by atoms with Gasteiger partial charge >= 0.3 is 0 Å². The predicted octanol–water partition coefficient (Wildman–Crippen LogP) is 2.39. The monoisotopic (exact) mass is 296 g/mol. The highest BCUT2D eigenvalue weighted by molar-refractivity contribution is 6.30. The third kappa shape index (κ3) is 6.06. The smallest absolute Gasteiger partial charge is 0.242 e. The first-order valence-corrected chi connectivity index (χ1v) is 7.01. The first-order chi connectivity index (χ1) is 9.29. The van der Waals surface area contributed by atoms with Crippen LogP contribution in [0.4, 0.5) is 0 Å². The second-order valence-electron chi connectivity index (χ2n) is 5.61. The van der Waals surface area contributed by atoms with E-state index < -0.39 is 5.38 Å². The lowest BCUT2D eigenvalue weighted by molar-refractivity contribution is -0.123. The third-order valence-corrected chi connectivity index (χ3v) is 2.94. The highest BCUT2D eigenvalue weighted by Gasteiger charge is 2.18. The van der Waals surface area contributed by atoms with Gasteiger partial charge in [-0.15, -0.1) is 11.6 Å². The maximum absolute atomic E-state index is 11.8. The topological polar surface area (TPSA) is 58.2 Å². The molecule has 0 aliphatic carbocycles. The Labute approximate surface area is 124 Å². The van der Waals surface area contributed by atoms with Gasteiger partial charge in [0.1, 0.15) is 5.38 Å². The Bertz CT molecular complexity index is 455. The van der Waals surface area contributed by atoms with Crippen LogP contribution in [-0.2, 0) is 9.59 Å². The minimum atomic E-state index is -0.734. The SMILES string of the molecule is CC(C)(C)NC(=O)CCNC(=O)C(Cl)c1ccccc1. The zero-order chi connectivity index (χ0) is 15.2. The molecule has 0 bridgehead atoms. The van der Waals surface area contributed by atoms with Gasteiger partial charge < -0.3 is 10.6 Å². The Morgan fingerprint density at radius 1 is 1.20 bits per heavy atom. The fourth-order valence-electron chi connectivity index (χ4n) is 1.64. The summed E-state index contributed by atoms with van der Waals surface area (Å²) >= 11 is 6.07. The second kappa shape index (κ2) is 7.29. The van der Waals surface area contributed by atoms with Crippen LogP contribution in [0, 0.1) is 0 Å². The van der Waals surface area contributed by atoms with Crippen molar-refractivity contribution in [1.82, 2.24) is 10.6 Å². The normalized spacial score (nSPS) is 12.6. The van der Waals surface area contributed by atoms with Crippen molar-refractivity contribution in [3.63, 3.8) is 0 Å². The molecular weight excluding hydrogens is 276 g/mol. The highest BCUT2D eigenvalue weighted by Crippen LogP contribution is 2.19. The number of carbonyl (C=O) groups excluding carboxylic acids is 2. The van der Waals surface area contributed by atoms with Crippen LogP contribution in [0.2, 0.25) is 0 Å². The average molecular weight is 297 g/mol. The molecule has 1 atom stereocenters. The van der Waals surface area contributed by atoms with Crippen LogP contribution < -0.4 is 10.6 Å². The van der Waals surface area contributed by atoms with E-state index in [9.17, 15) is 9.59 Å². The summed E-state index contributed by atoms with van der Waals surface area (Å²) in [5.74, 6) is -0.384. The van der Waals surface area contributed by atoms with Gasteiger partial charge in [-0.1, -0.05) is 30.3 Å². The third-order valence-electron chi connectivity index (χ3n) is 2.49. The summed E-state index contributed by atoms with van der Waals surface area (Å²) in [6.45, 7) is 6.01. The van der Waals surface area contributed by atoms with Crippen LogP contribution in [0.15, 0.2) is 30.3 Å². The molecule has 0 heterocycles. The molecule has 0 fully saturated rings. The maximum atomic E-state index is 11.8. The molecular formula is C15H21ClN2O2. The van der Waals surface area contributed by atoms with Gasteiger partial charge in [0.2, 0.25) is 11.8 Å². The van der Waals surface area contributed by atoms with Crippen LogP contribution in [0.25, 0.3) is 0 Å². The van der Waals surface area contributed by atoms with Crippen LogP contribution in [0.1, 0.15) is 38.1 Å². The Morgan fingerprint density at radius 3 is 2.35 bits per heavy atom. The Kier molecular flexibility index (Phi) is 6.02. The number of carbonyl (C=O) groups is 2. The molecule has 5 heteroatoms. The van der Waals surface area contributed by atoms with Gasteiger partial charge in [-0.3, -0.25) is 9.59 Å². The molecule has 4 nitrogen and oxygen atoms in total. The Hall–Kier alpha value is -1.55. The molecule has 0 aliphatic heterocycles. The van der Waals surface area contributed by atoms with Crippen molar-refractivity contribution in [1.29, 1.82) is 0 Å². The van der Waals surface area contributed by atoms with E-state index in [1.165, 1.54) is 0 Å². The van der Waals surface area contributed by atoms with Crippen LogP contribution in [0.5, 0.6) is 0 Å². The number of rotatable bonds is 5. The van der Waals surface area contributed by atoms with E-state index in [0.29, 0.717) is 0 Å². The van der Waals surface area contributed by atoms with Gasteiger partial charge in [0.15, 0.2) is 0 Å². The van der Waals surface area contributed by atoms with E-state index in [2.05, 4.69) is 10.6 Å². The summed E-state index contributed by atoms with van der Waals surface area (Å²) in [5.41, 5.74) is 0.478. The summed E-state index contributed by atoms with van der Waals surface area (Å²) in [6, 6.07) is 9.11. The number of hydrogen-bond acceptors (Lipinski definition) is 2. The van der Waals surface area contributed by atoms with Crippen LogP contribution in [-0.4, -0.2) is 23.9 Å². The fourth-order valence-corrected chi connectivity index (χ4v) is 1.87. The molecule has 0 aliphatic rings. The Balaban J connectivity index is 2.35. The van der Waals surface area contributed by atoms with Crippen LogP contribution in [0.3, 0.4) is 0 Å². The number of nitrogens with one attached hydrogen (secondary N) is 2. The van der Waals surface area contributed by atoms with Crippen molar-refractivity contribution in [2.24, 2.45) is 0 Å². The summed E-state index contributed by atoms with van der Waals surface area (Å²) in [5, 5.41) is 4.76. The van der Waals surface area contributed by atoms with Crippen molar-refractivity contribution in [3.05, 3.63) is 35.9 Å². The lowest BCUT2D eigenvalue weighted by Gasteiger charge is -2.20. The molecule has 0 saturated heterocycles. The average Bonchev–Trinajstić information content (AvgIpc) is 2.36. The van der Waals surface area contributed by atoms with Gasteiger partial charge in [0, 0.05) is 18.5 Å². The lowest BCUT2D eigenvalue weighted by Crippen LogP contribution is -2.42. The van der Waals surface area contributed by atoms with Gasteiger partial charge in [-0.25, -0.2) is 0 Å². The molecule has 0 saturated carbocycles. The van der Waals surface area contributed by atoms with Crippen LogP contribution >= 0.6 is 11.6 Å². The molecule has 0 aromatic heterocycles. The molecule has 1 aromatic carbocycles. The van der Waals surface area contributed by atoms with E-state index >= 15 is 0 Å². The molecule has 2 amide bonds. The number of halogens is 1. The van der Waals surface area contributed by atoms with Gasteiger partial charge in [-0.2, -0.15) is 0 Å². The van der Waals surface area contributed by atoms with Gasteiger partial charge in [0.25, 0.3) is 0 Å². The standard InChI is InChI=1S/C15H21ClN2O2/c1-15(2,3)18-12(19)9-10-17-14(20)13(16)11-7-5-4-6-8-11/h4-8,13H,9-10H2,1-3H3,(H,17,20)(H,18,19). The number of amides is 2. The number of alkyl halides is 1. The molecule has 110 valence electrons. The first-order valence-electron chi connectivity index (χ1n) is 6.57. The molecule has 20 heavy (non-hydrogen) atoms. The summed E-state index contributed by atoms with van der Waals surface area (Å²) in [6.07, 6.45) is 0.238. The number of benzene rings is 1. The molecule has 0 radical (unpaired) electrons. The molecule has 1 rings (SSSR count). The Morgan fingerprint density at radius 2 is 1.80 bits per heavy atom. The van der Waals surface area contributed by atoms with Crippen molar-refractivity contribution in [2.45, 2.75) is 38.1 Å². The predicted molar refractivity (Wildman–Crippen MR) is 80.6 cm³/mol. The fraction of sp³-hybridized carbons (Fsp3) is 0.467. The van der Waals surface area contributed by atoms with Crippen molar-refractivity contribution < 1.29 is 9.59 Å². The largest absolute Gasteiger partial charge is 0.354 e. The quantitative estimate of drug-likeness (QED) is 0.820. The lowest BCUT2D eigenvalue weighted by atomic mass is 10.1. The molecule has 2 N–H and O–H groups in total. The number of hydrogen-bond donors (Lipinski definition) is 2. The minimum Gasteiger partial charge on any atom is -0.354 e. The van der Waals surface area contributed by atoms with Gasteiger partial charge in [-0.05, 0) is 26.3 Å². The van der Waals surface area contributed by atoms with E-state index in [1.807, 2.05) is 39.0 Å². The first kappa shape index (κ1) is 16.5. The maximum Gasteiger partial charge on any atom is 0.242 e. The van der Waals surface area contributed by atoms with E-state index in [1.54, 1.807) is 12.1 Å². The zero-order valence-corrected chi connectivity index (χ0v) is 12.8.